The Hall–Kier alpha value is -0.160. The van der Waals surface area contributed by atoms with Gasteiger partial charge in [0.05, 0.1) is 13.2 Å². The molecule has 0 radical (unpaired) electrons. The second-order valence-electron chi connectivity index (χ2n) is 5.67. The summed E-state index contributed by atoms with van der Waals surface area (Å²) in [6.07, 6.45) is 1.17. The molecule has 0 aliphatic heterocycles. The van der Waals surface area contributed by atoms with E-state index in [-0.39, 0.29) is 0 Å². The van der Waals surface area contributed by atoms with Gasteiger partial charge >= 0.3 is 0 Å². The summed E-state index contributed by atoms with van der Waals surface area (Å²) < 4.78 is 11.0. The standard InChI is InChI=1S/C16H36N2O2/c1-6-19-12-10-18(11-13-20-7-2)16(5)8-9-17-14-15(3)4/h15-17H,6-14H2,1-5H3. The van der Waals surface area contributed by atoms with Crippen LogP contribution < -0.4 is 5.32 Å². The van der Waals surface area contributed by atoms with Crippen LogP contribution in [0.1, 0.15) is 41.0 Å². The summed E-state index contributed by atoms with van der Waals surface area (Å²) in [5.41, 5.74) is 0. The fourth-order valence-corrected chi connectivity index (χ4v) is 2.09. The number of nitrogens with zero attached hydrogens (tertiary/aromatic N) is 1. The molecule has 1 atom stereocenters. The fraction of sp³-hybridized carbons (Fsp3) is 1.00. The SMILES string of the molecule is CCOCCN(CCOCC)C(C)CCNCC(C)C. The van der Waals surface area contributed by atoms with Gasteiger partial charge in [-0.05, 0) is 46.2 Å². The summed E-state index contributed by atoms with van der Waals surface area (Å²) in [6.45, 7) is 18.3. The highest BCUT2D eigenvalue weighted by Crippen LogP contribution is 2.03. The molecule has 0 aromatic rings. The van der Waals surface area contributed by atoms with E-state index in [1.807, 2.05) is 13.8 Å². The summed E-state index contributed by atoms with van der Waals surface area (Å²) in [5, 5.41) is 3.52. The maximum absolute atomic E-state index is 5.48. The fourth-order valence-electron chi connectivity index (χ4n) is 2.09. The zero-order valence-electron chi connectivity index (χ0n) is 14.3. The van der Waals surface area contributed by atoms with Gasteiger partial charge in [0.2, 0.25) is 0 Å². The molecular weight excluding hydrogens is 252 g/mol. The molecule has 4 heteroatoms. The first-order valence-electron chi connectivity index (χ1n) is 8.22. The Bertz CT molecular complexity index is 191. The van der Waals surface area contributed by atoms with Gasteiger partial charge in [0, 0.05) is 32.3 Å². The van der Waals surface area contributed by atoms with E-state index >= 15 is 0 Å². The van der Waals surface area contributed by atoms with Crippen LogP contribution in [0.15, 0.2) is 0 Å². The predicted molar refractivity (Wildman–Crippen MR) is 86.3 cm³/mol. The Morgan fingerprint density at radius 2 is 1.50 bits per heavy atom. The minimum atomic E-state index is 0.565. The third kappa shape index (κ3) is 11.6. The molecule has 0 rings (SSSR count). The Morgan fingerprint density at radius 1 is 0.950 bits per heavy atom. The minimum Gasteiger partial charge on any atom is -0.380 e. The highest BCUT2D eigenvalue weighted by molar-refractivity contribution is 4.69. The van der Waals surface area contributed by atoms with Crippen LogP contribution in [-0.4, -0.2) is 63.5 Å². The molecular formula is C16H36N2O2. The molecule has 0 amide bonds. The van der Waals surface area contributed by atoms with Gasteiger partial charge in [-0.15, -0.1) is 0 Å². The monoisotopic (exact) mass is 288 g/mol. The molecule has 0 heterocycles. The first kappa shape index (κ1) is 19.8. The van der Waals surface area contributed by atoms with Gasteiger partial charge in [-0.1, -0.05) is 13.8 Å². The molecule has 20 heavy (non-hydrogen) atoms. The molecule has 4 nitrogen and oxygen atoms in total. The molecule has 0 saturated heterocycles. The first-order chi connectivity index (χ1) is 9.61. The smallest absolute Gasteiger partial charge is 0.0593 e. The third-order valence-corrected chi connectivity index (χ3v) is 3.37. The lowest BCUT2D eigenvalue weighted by molar-refractivity contribution is 0.0644. The molecule has 0 aliphatic carbocycles. The van der Waals surface area contributed by atoms with Crippen molar-refractivity contribution in [3.63, 3.8) is 0 Å². The average molecular weight is 288 g/mol. The number of hydrogen-bond acceptors (Lipinski definition) is 4. The normalized spacial score (nSPS) is 13.3. The van der Waals surface area contributed by atoms with Crippen molar-refractivity contribution < 1.29 is 9.47 Å². The van der Waals surface area contributed by atoms with Crippen LogP contribution in [0.25, 0.3) is 0 Å². The van der Waals surface area contributed by atoms with Crippen molar-refractivity contribution in [2.24, 2.45) is 5.92 Å². The highest BCUT2D eigenvalue weighted by Gasteiger charge is 2.13. The van der Waals surface area contributed by atoms with E-state index in [1.165, 1.54) is 6.42 Å². The molecule has 1 unspecified atom stereocenters. The maximum Gasteiger partial charge on any atom is 0.0593 e. The van der Waals surface area contributed by atoms with Crippen LogP contribution in [0.2, 0.25) is 0 Å². The first-order valence-corrected chi connectivity index (χ1v) is 8.22. The van der Waals surface area contributed by atoms with E-state index in [0.717, 1.165) is 58.5 Å². The highest BCUT2D eigenvalue weighted by atomic mass is 16.5. The Labute approximate surface area is 126 Å². The van der Waals surface area contributed by atoms with Crippen LogP contribution in [0, 0.1) is 5.92 Å². The van der Waals surface area contributed by atoms with E-state index in [0.29, 0.717) is 6.04 Å². The quantitative estimate of drug-likeness (QED) is 0.498. The largest absolute Gasteiger partial charge is 0.380 e. The molecule has 0 saturated carbocycles. The summed E-state index contributed by atoms with van der Waals surface area (Å²) in [5.74, 6) is 0.720. The van der Waals surface area contributed by atoms with Crippen molar-refractivity contribution >= 4 is 0 Å². The summed E-state index contributed by atoms with van der Waals surface area (Å²) in [6, 6.07) is 0.565. The summed E-state index contributed by atoms with van der Waals surface area (Å²) in [7, 11) is 0. The van der Waals surface area contributed by atoms with E-state index in [9.17, 15) is 0 Å². The van der Waals surface area contributed by atoms with Crippen LogP contribution >= 0.6 is 0 Å². The Balaban J connectivity index is 3.93. The molecule has 1 N–H and O–H groups in total. The lowest BCUT2D eigenvalue weighted by atomic mass is 10.2. The van der Waals surface area contributed by atoms with E-state index in [2.05, 4.69) is 31.0 Å². The summed E-state index contributed by atoms with van der Waals surface area (Å²) >= 11 is 0. The zero-order chi connectivity index (χ0) is 15.2. The Kier molecular flexibility index (Phi) is 13.7. The molecule has 0 fully saturated rings. The number of hydrogen-bond donors (Lipinski definition) is 1. The van der Waals surface area contributed by atoms with Crippen molar-refractivity contribution in [2.75, 3.05) is 52.6 Å². The topological polar surface area (TPSA) is 33.7 Å². The third-order valence-electron chi connectivity index (χ3n) is 3.37. The minimum absolute atomic E-state index is 0.565. The van der Waals surface area contributed by atoms with Crippen molar-refractivity contribution in [1.29, 1.82) is 0 Å². The van der Waals surface area contributed by atoms with Crippen LogP contribution in [-0.2, 0) is 9.47 Å². The van der Waals surface area contributed by atoms with Gasteiger partial charge in [-0.3, -0.25) is 4.90 Å². The molecule has 0 spiro atoms. The second kappa shape index (κ2) is 13.8. The molecule has 0 aliphatic rings. The van der Waals surface area contributed by atoms with Gasteiger partial charge in [-0.25, -0.2) is 0 Å². The van der Waals surface area contributed by atoms with Crippen LogP contribution in [0.3, 0.4) is 0 Å². The van der Waals surface area contributed by atoms with Crippen LogP contribution in [0.4, 0.5) is 0 Å². The summed E-state index contributed by atoms with van der Waals surface area (Å²) in [4.78, 5) is 2.47. The van der Waals surface area contributed by atoms with E-state index in [1.54, 1.807) is 0 Å². The van der Waals surface area contributed by atoms with Crippen molar-refractivity contribution in [2.45, 2.75) is 47.1 Å². The van der Waals surface area contributed by atoms with Crippen molar-refractivity contribution in [1.82, 2.24) is 10.2 Å². The maximum atomic E-state index is 5.48. The number of nitrogens with one attached hydrogen (secondary N) is 1. The molecule has 0 bridgehead atoms. The number of rotatable bonds is 14. The zero-order valence-corrected chi connectivity index (χ0v) is 14.3. The lowest BCUT2D eigenvalue weighted by Gasteiger charge is -2.29. The van der Waals surface area contributed by atoms with Crippen molar-refractivity contribution in [3.05, 3.63) is 0 Å². The van der Waals surface area contributed by atoms with Gasteiger partial charge < -0.3 is 14.8 Å². The van der Waals surface area contributed by atoms with Gasteiger partial charge in [-0.2, -0.15) is 0 Å². The lowest BCUT2D eigenvalue weighted by Crippen LogP contribution is -2.40. The van der Waals surface area contributed by atoms with Crippen molar-refractivity contribution in [3.8, 4) is 0 Å². The molecule has 0 aromatic heterocycles. The van der Waals surface area contributed by atoms with Gasteiger partial charge in [0.25, 0.3) is 0 Å². The number of ether oxygens (including phenoxy) is 2. The molecule has 122 valence electrons. The predicted octanol–water partition coefficient (Wildman–Crippen LogP) is 2.39. The average Bonchev–Trinajstić information content (AvgIpc) is 2.42. The van der Waals surface area contributed by atoms with Gasteiger partial charge in [0.1, 0.15) is 0 Å². The molecule has 0 aromatic carbocycles. The van der Waals surface area contributed by atoms with Crippen LogP contribution in [0.5, 0.6) is 0 Å². The second-order valence-corrected chi connectivity index (χ2v) is 5.67. The van der Waals surface area contributed by atoms with Gasteiger partial charge in [0.15, 0.2) is 0 Å². The van der Waals surface area contributed by atoms with E-state index in [4.69, 9.17) is 9.47 Å². The van der Waals surface area contributed by atoms with E-state index < -0.39 is 0 Å². The Morgan fingerprint density at radius 3 is 1.95 bits per heavy atom.